The Balaban J connectivity index is 1.54. The predicted molar refractivity (Wildman–Crippen MR) is 99.7 cm³/mol. The molecular formula is C19H19N7O. The van der Waals surface area contributed by atoms with Gasteiger partial charge in [0.2, 0.25) is 5.91 Å². The molecule has 0 saturated heterocycles. The Hall–Kier alpha value is -3.55. The summed E-state index contributed by atoms with van der Waals surface area (Å²) in [6, 6.07) is 16.7. The number of nitrogens with zero attached hydrogens (tertiary/aromatic N) is 5. The Morgan fingerprint density at radius 2 is 1.93 bits per heavy atom. The Morgan fingerprint density at radius 1 is 1.15 bits per heavy atom. The second-order valence-corrected chi connectivity index (χ2v) is 6.36. The first-order valence-electron chi connectivity index (χ1n) is 8.72. The highest BCUT2D eigenvalue weighted by Gasteiger charge is 2.24. The van der Waals surface area contributed by atoms with E-state index >= 15 is 0 Å². The highest BCUT2D eigenvalue weighted by Crippen LogP contribution is 2.18. The molecule has 1 amide bonds. The van der Waals surface area contributed by atoms with Crippen LogP contribution in [0.15, 0.2) is 60.9 Å². The van der Waals surface area contributed by atoms with Gasteiger partial charge in [-0.15, -0.1) is 5.10 Å². The van der Waals surface area contributed by atoms with E-state index in [1.54, 1.807) is 0 Å². The van der Waals surface area contributed by atoms with E-state index in [9.17, 15) is 4.79 Å². The minimum atomic E-state index is -0.547. The number of fused-ring (bicyclic) bond motifs is 1. The van der Waals surface area contributed by atoms with Crippen molar-refractivity contribution in [2.24, 2.45) is 0 Å². The molecule has 0 saturated carbocycles. The number of carbonyl (C=O) groups is 1. The van der Waals surface area contributed by atoms with Crippen molar-refractivity contribution >= 4 is 16.9 Å². The number of hydrogen-bond acceptors (Lipinski definition) is 5. The molecule has 0 bridgehead atoms. The zero-order valence-corrected chi connectivity index (χ0v) is 14.8. The van der Waals surface area contributed by atoms with Crippen molar-refractivity contribution in [1.82, 2.24) is 35.5 Å². The van der Waals surface area contributed by atoms with E-state index in [1.165, 1.54) is 11.0 Å². The van der Waals surface area contributed by atoms with E-state index in [1.807, 2.05) is 61.5 Å². The van der Waals surface area contributed by atoms with Crippen molar-refractivity contribution in [2.45, 2.75) is 25.4 Å². The topological polar surface area (TPSA) is 101 Å². The van der Waals surface area contributed by atoms with E-state index in [0.717, 1.165) is 16.6 Å². The molecular weight excluding hydrogens is 342 g/mol. The van der Waals surface area contributed by atoms with Crippen LogP contribution < -0.4 is 5.32 Å². The van der Waals surface area contributed by atoms with Crippen LogP contribution in [0.3, 0.4) is 0 Å². The minimum Gasteiger partial charge on any atom is -0.345 e. The zero-order valence-electron chi connectivity index (χ0n) is 14.8. The fourth-order valence-electron chi connectivity index (χ4n) is 3.01. The summed E-state index contributed by atoms with van der Waals surface area (Å²) < 4.78 is 1.48. The maximum absolute atomic E-state index is 13.0. The standard InChI is InChI=1S/C19H19N7O/c1-13(18-22-15-9-5-6-10-16(15)23-18)21-19(27)17(26-12-20-24-25-26)11-14-7-3-2-4-8-14/h2-10,12-13,17H,11H2,1H3,(H,21,27)(H,22,23). The monoisotopic (exact) mass is 361 g/mol. The van der Waals surface area contributed by atoms with Gasteiger partial charge < -0.3 is 10.3 Å². The molecule has 8 heteroatoms. The fourth-order valence-corrected chi connectivity index (χ4v) is 3.01. The van der Waals surface area contributed by atoms with Crippen LogP contribution in [-0.2, 0) is 11.2 Å². The van der Waals surface area contributed by atoms with E-state index in [4.69, 9.17) is 0 Å². The number of H-pyrrole nitrogens is 1. The van der Waals surface area contributed by atoms with Gasteiger partial charge >= 0.3 is 0 Å². The molecule has 27 heavy (non-hydrogen) atoms. The van der Waals surface area contributed by atoms with Gasteiger partial charge in [-0.05, 0) is 35.0 Å². The van der Waals surface area contributed by atoms with Crippen LogP contribution in [0.25, 0.3) is 11.0 Å². The number of aromatic amines is 1. The second kappa shape index (κ2) is 7.36. The Labute approximate surface area is 155 Å². The third-order valence-electron chi connectivity index (χ3n) is 4.44. The summed E-state index contributed by atoms with van der Waals surface area (Å²) >= 11 is 0. The molecule has 0 radical (unpaired) electrons. The third-order valence-corrected chi connectivity index (χ3v) is 4.44. The summed E-state index contributed by atoms with van der Waals surface area (Å²) in [5.41, 5.74) is 2.84. The van der Waals surface area contributed by atoms with Crippen LogP contribution >= 0.6 is 0 Å². The first-order chi connectivity index (χ1) is 13.2. The summed E-state index contributed by atoms with van der Waals surface area (Å²) in [4.78, 5) is 20.8. The lowest BCUT2D eigenvalue weighted by molar-refractivity contribution is -0.125. The maximum Gasteiger partial charge on any atom is 0.245 e. The molecule has 4 rings (SSSR count). The van der Waals surface area contributed by atoms with Crippen molar-refractivity contribution in [1.29, 1.82) is 0 Å². The summed E-state index contributed by atoms with van der Waals surface area (Å²) in [7, 11) is 0. The molecule has 0 fully saturated rings. The summed E-state index contributed by atoms with van der Waals surface area (Å²) in [5, 5.41) is 14.3. The molecule has 2 aromatic heterocycles. The Bertz CT molecular complexity index is 994. The lowest BCUT2D eigenvalue weighted by Gasteiger charge is -2.19. The minimum absolute atomic E-state index is 0.167. The molecule has 2 aromatic carbocycles. The molecule has 2 unspecified atom stereocenters. The van der Waals surface area contributed by atoms with Crippen molar-refractivity contribution in [3.63, 3.8) is 0 Å². The first kappa shape index (κ1) is 16.9. The SMILES string of the molecule is CC(NC(=O)C(Cc1ccccc1)n1cnnn1)c1nc2ccccc2[nH]1. The number of hydrogen-bond donors (Lipinski definition) is 2. The van der Waals surface area contributed by atoms with E-state index in [-0.39, 0.29) is 11.9 Å². The number of amides is 1. The number of carbonyl (C=O) groups excluding carboxylic acids is 1. The van der Waals surface area contributed by atoms with E-state index in [2.05, 4.69) is 30.8 Å². The van der Waals surface area contributed by atoms with Crippen molar-refractivity contribution < 1.29 is 4.79 Å². The lowest BCUT2D eigenvalue weighted by Crippen LogP contribution is -2.36. The van der Waals surface area contributed by atoms with Crippen LogP contribution in [0, 0.1) is 0 Å². The number of imidazole rings is 1. The average Bonchev–Trinajstić information content (AvgIpc) is 3.36. The van der Waals surface area contributed by atoms with E-state index in [0.29, 0.717) is 12.2 Å². The zero-order chi connectivity index (χ0) is 18.6. The predicted octanol–water partition coefficient (Wildman–Crippen LogP) is 2.21. The van der Waals surface area contributed by atoms with Gasteiger partial charge in [-0.2, -0.15) is 0 Å². The van der Waals surface area contributed by atoms with Crippen molar-refractivity contribution in [2.75, 3.05) is 0 Å². The largest absolute Gasteiger partial charge is 0.345 e. The van der Waals surface area contributed by atoms with Gasteiger partial charge in [0.1, 0.15) is 18.2 Å². The molecule has 4 aromatic rings. The second-order valence-electron chi connectivity index (χ2n) is 6.36. The Kier molecular flexibility index (Phi) is 4.61. The molecule has 2 heterocycles. The van der Waals surface area contributed by atoms with Gasteiger partial charge in [0.25, 0.3) is 0 Å². The number of aromatic nitrogens is 6. The number of rotatable bonds is 6. The number of nitrogens with one attached hydrogen (secondary N) is 2. The third kappa shape index (κ3) is 3.69. The average molecular weight is 361 g/mol. The lowest BCUT2D eigenvalue weighted by atomic mass is 10.1. The van der Waals surface area contributed by atoms with Crippen molar-refractivity contribution in [3.8, 4) is 0 Å². The van der Waals surface area contributed by atoms with Crippen LogP contribution in [0.1, 0.15) is 30.4 Å². The highest BCUT2D eigenvalue weighted by atomic mass is 16.2. The fraction of sp³-hybridized carbons (Fsp3) is 0.211. The number of benzene rings is 2. The Morgan fingerprint density at radius 3 is 2.67 bits per heavy atom. The van der Waals surface area contributed by atoms with Crippen LogP contribution in [-0.4, -0.2) is 36.1 Å². The molecule has 0 aliphatic heterocycles. The van der Waals surface area contributed by atoms with Gasteiger partial charge in [0.05, 0.1) is 17.1 Å². The molecule has 0 aliphatic rings. The molecule has 0 aliphatic carbocycles. The van der Waals surface area contributed by atoms with Crippen molar-refractivity contribution in [3.05, 3.63) is 72.3 Å². The smallest absolute Gasteiger partial charge is 0.245 e. The van der Waals surface area contributed by atoms with Gasteiger partial charge in [-0.1, -0.05) is 42.5 Å². The van der Waals surface area contributed by atoms with Gasteiger partial charge in [-0.25, -0.2) is 9.67 Å². The normalized spacial score (nSPS) is 13.4. The number of para-hydroxylation sites is 2. The molecule has 136 valence electrons. The molecule has 0 spiro atoms. The van der Waals surface area contributed by atoms with Gasteiger partial charge in [-0.3, -0.25) is 4.79 Å². The summed E-state index contributed by atoms with van der Waals surface area (Å²) in [6.07, 6.45) is 1.95. The van der Waals surface area contributed by atoms with Gasteiger partial charge in [0.15, 0.2) is 0 Å². The van der Waals surface area contributed by atoms with Gasteiger partial charge in [0, 0.05) is 6.42 Å². The van der Waals surface area contributed by atoms with E-state index < -0.39 is 6.04 Å². The summed E-state index contributed by atoms with van der Waals surface area (Å²) in [6.45, 7) is 1.90. The summed E-state index contributed by atoms with van der Waals surface area (Å²) in [5.74, 6) is 0.541. The van der Waals surface area contributed by atoms with Crippen LogP contribution in [0.2, 0.25) is 0 Å². The quantitative estimate of drug-likeness (QED) is 0.548. The molecule has 8 nitrogen and oxygen atoms in total. The molecule has 2 N–H and O–H groups in total. The molecule has 2 atom stereocenters. The first-order valence-corrected chi connectivity index (χ1v) is 8.72. The van der Waals surface area contributed by atoms with Crippen LogP contribution in [0.4, 0.5) is 0 Å². The van der Waals surface area contributed by atoms with Crippen LogP contribution in [0.5, 0.6) is 0 Å². The number of tetrazole rings is 1. The highest BCUT2D eigenvalue weighted by molar-refractivity contribution is 5.81. The maximum atomic E-state index is 13.0.